The van der Waals surface area contributed by atoms with Gasteiger partial charge in [0.25, 0.3) is 5.91 Å². The summed E-state index contributed by atoms with van der Waals surface area (Å²) in [7, 11) is 3.32. The summed E-state index contributed by atoms with van der Waals surface area (Å²) in [5.41, 5.74) is 3.03. The third-order valence-corrected chi connectivity index (χ3v) is 6.62. The lowest BCUT2D eigenvalue weighted by molar-refractivity contribution is 0.0759. The second kappa shape index (κ2) is 10.6. The minimum absolute atomic E-state index is 0.0683. The molecule has 1 heterocycles. The molecule has 2 aromatic carbocycles. The van der Waals surface area contributed by atoms with Crippen molar-refractivity contribution in [2.24, 2.45) is 0 Å². The molecule has 3 rings (SSSR count). The highest BCUT2D eigenvalue weighted by atomic mass is 32.2. The topological polar surface area (TPSA) is 38.8 Å². The molecular weight excluding hydrogens is 382 g/mol. The third kappa shape index (κ3) is 5.27. The van der Waals surface area contributed by atoms with E-state index < -0.39 is 0 Å². The zero-order chi connectivity index (χ0) is 20.6. The van der Waals surface area contributed by atoms with Crippen LogP contribution in [0.5, 0.6) is 11.5 Å². The molecule has 29 heavy (non-hydrogen) atoms. The van der Waals surface area contributed by atoms with Gasteiger partial charge >= 0.3 is 0 Å². The molecule has 0 spiro atoms. The maximum atomic E-state index is 13.2. The molecule has 1 amide bonds. The van der Waals surface area contributed by atoms with Gasteiger partial charge in [-0.2, -0.15) is 0 Å². The van der Waals surface area contributed by atoms with Crippen molar-refractivity contribution in [2.45, 2.75) is 44.4 Å². The number of aryl methyl sites for hydroxylation is 1. The molecular formula is C24H31NO3S. The first kappa shape index (κ1) is 21.6. The van der Waals surface area contributed by atoms with Gasteiger partial charge in [-0.3, -0.25) is 4.79 Å². The normalized spacial score (nSPS) is 16.1. The average Bonchev–Trinajstić information content (AvgIpc) is 3.26. The van der Waals surface area contributed by atoms with Crippen LogP contribution in [0.25, 0.3) is 0 Å². The van der Waals surface area contributed by atoms with Crippen LogP contribution < -0.4 is 9.47 Å². The van der Waals surface area contributed by atoms with Crippen LogP contribution >= 0.6 is 11.8 Å². The molecule has 0 unspecified atom stereocenters. The molecule has 0 radical (unpaired) electrons. The number of hydrogen-bond donors (Lipinski definition) is 0. The predicted octanol–water partition coefficient (Wildman–Crippen LogP) is 5.71. The number of ether oxygens (including phenoxy) is 2. The highest BCUT2D eigenvalue weighted by Crippen LogP contribution is 2.43. The Morgan fingerprint density at radius 2 is 1.86 bits per heavy atom. The Kier molecular flexibility index (Phi) is 7.87. The minimum Gasteiger partial charge on any atom is -0.497 e. The maximum absolute atomic E-state index is 13.2. The lowest BCUT2D eigenvalue weighted by Gasteiger charge is -2.26. The molecule has 0 bridgehead atoms. The highest BCUT2D eigenvalue weighted by Gasteiger charge is 2.33. The first-order chi connectivity index (χ1) is 14.2. The van der Waals surface area contributed by atoms with Gasteiger partial charge in [-0.25, -0.2) is 0 Å². The fraction of sp³-hybridized carbons (Fsp3) is 0.458. The summed E-state index contributed by atoms with van der Waals surface area (Å²) >= 11 is 1.76. The first-order valence-corrected chi connectivity index (χ1v) is 11.5. The summed E-state index contributed by atoms with van der Waals surface area (Å²) in [6, 6.07) is 13.9. The van der Waals surface area contributed by atoms with Gasteiger partial charge in [0.1, 0.15) is 16.9 Å². The lowest BCUT2D eigenvalue weighted by atomic mass is 10.0. The monoisotopic (exact) mass is 413 g/mol. The summed E-state index contributed by atoms with van der Waals surface area (Å²) < 4.78 is 10.9. The number of thioether (sulfide) groups is 1. The predicted molar refractivity (Wildman–Crippen MR) is 120 cm³/mol. The summed E-state index contributed by atoms with van der Waals surface area (Å²) in [6.45, 7) is 2.96. The molecule has 0 aliphatic carbocycles. The molecule has 1 saturated heterocycles. The largest absolute Gasteiger partial charge is 0.497 e. The van der Waals surface area contributed by atoms with E-state index in [2.05, 4.69) is 19.1 Å². The molecule has 0 saturated carbocycles. The number of methoxy groups -OCH3 is 2. The molecule has 1 aliphatic heterocycles. The van der Waals surface area contributed by atoms with Gasteiger partial charge in [0.15, 0.2) is 0 Å². The van der Waals surface area contributed by atoms with E-state index in [9.17, 15) is 4.79 Å². The molecule has 1 atom stereocenters. The minimum atomic E-state index is -0.0683. The van der Waals surface area contributed by atoms with E-state index in [0.717, 1.165) is 41.3 Å². The van der Waals surface area contributed by atoms with Crippen LogP contribution in [0.1, 0.15) is 59.5 Å². The summed E-state index contributed by atoms with van der Waals surface area (Å²) in [4.78, 5) is 15.2. The number of nitrogens with zero attached hydrogens (tertiary/aromatic N) is 1. The molecule has 0 N–H and O–H groups in total. The van der Waals surface area contributed by atoms with Crippen molar-refractivity contribution in [1.29, 1.82) is 0 Å². The van der Waals surface area contributed by atoms with Gasteiger partial charge in [0.05, 0.1) is 14.2 Å². The fourth-order valence-electron chi connectivity index (χ4n) is 3.70. The summed E-state index contributed by atoms with van der Waals surface area (Å²) in [6.07, 6.45) is 6.10. The van der Waals surface area contributed by atoms with Crippen LogP contribution in [0, 0.1) is 0 Å². The van der Waals surface area contributed by atoms with Gasteiger partial charge in [-0.15, -0.1) is 11.8 Å². The van der Waals surface area contributed by atoms with Crippen LogP contribution in [-0.2, 0) is 6.42 Å². The second-order valence-electron chi connectivity index (χ2n) is 7.34. The van der Waals surface area contributed by atoms with Gasteiger partial charge in [-0.1, -0.05) is 38.3 Å². The van der Waals surface area contributed by atoms with Crippen molar-refractivity contribution in [3.05, 3.63) is 59.2 Å². The maximum Gasteiger partial charge on any atom is 0.255 e. The Bertz CT molecular complexity index is 806. The van der Waals surface area contributed by atoms with Crippen molar-refractivity contribution in [2.75, 3.05) is 26.5 Å². The van der Waals surface area contributed by atoms with E-state index in [1.165, 1.54) is 31.2 Å². The number of carbonyl (C=O) groups is 1. The van der Waals surface area contributed by atoms with Crippen LogP contribution in [-0.4, -0.2) is 37.3 Å². The number of amides is 1. The standard InChI is InChI=1S/C24H31NO3S/c1-4-5-6-7-8-18-9-11-19(12-10-18)23(26)25-15-16-29-24(25)21-17-20(27-2)13-14-22(21)28-3/h9-14,17,24H,4-8,15-16H2,1-3H3/t24-/m0/s1. The van der Waals surface area contributed by atoms with Crippen molar-refractivity contribution < 1.29 is 14.3 Å². The summed E-state index contributed by atoms with van der Waals surface area (Å²) in [5.74, 6) is 2.53. The molecule has 5 heteroatoms. The zero-order valence-electron chi connectivity index (χ0n) is 17.6. The Labute approximate surface area is 178 Å². The van der Waals surface area contributed by atoms with Crippen molar-refractivity contribution in [3.63, 3.8) is 0 Å². The van der Waals surface area contributed by atoms with E-state index in [1.54, 1.807) is 26.0 Å². The molecule has 1 aliphatic rings. The first-order valence-electron chi connectivity index (χ1n) is 10.4. The third-order valence-electron chi connectivity index (χ3n) is 5.37. The quantitative estimate of drug-likeness (QED) is 0.493. The number of carbonyl (C=O) groups excluding carboxylic acids is 1. The van der Waals surface area contributed by atoms with Crippen molar-refractivity contribution >= 4 is 17.7 Å². The number of benzene rings is 2. The second-order valence-corrected chi connectivity index (χ2v) is 8.53. The number of hydrogen-bond acceptors (Lipinski definition) is 4. The summed E-state index contributed by atoms with van der Waals surface area (Å²) in [5, 5.41) is -0.0683. The SMILES string of the molecule is CCCCCCc1ccc(C(=O)N2CCS[C@H]2c2cc(OC)ccc2OC)cc1. The van der Waals surface area contributed by atoms with Crippen LogP contribution in [0.15, 0.2) is 42.5 Å². The Hall–Kier alpha value is -2.14. The van der Waals surface area contributed by atoms with E-state index >= 15 is 0 Å². The molecule has 4 nitrogen and oxygen atoms in total. The molecule has 1 fully saturated rings. The van der Waals surface area contributed by atoms with Gasteiger partial charge in [-0.05, 0) is 48.7 Å². The number of rotatable bonds is 9. The van der Waals surface area contributed by atoms with E-state index in [1.807, 2.05) is 35.2 Å². The fourth-order valence-corrected chi connectivity index (χ4v) is 4.97. The number of unbranched alkanes of at least 4 members (excludes halogenated alkanes) is 3. The van der Waals surface area contributed by atoms with Gasteiger partial charge in [0.2, 0.25) is 0 Å². The highest BCUT2D eigenvalue weighted by molar-refractivity contribution is 7.99. The molecule has 2 aromatic rings. The van der Waals surface area contributed by atoms with Crippen LogP contribution in [0.3, 0.4) is 0 Å². The lowest BCUT2D eigenvalue weighted by Crippen LogP contribution is -2.30. The van der Waals surface area contributed by atoms with Crippen LogP contribution in [0.2, 0.25) is 0 Å². The van der Waals surface area contributed by atoms with Crippen molar-refractivity contribution in [1.82, 2.24) is 4.90 Å². The molecule has 156 valence electrons. The Morgan fingerprint density at radius 1 is 1.07 bits per heavy atom. The van der Waals surface area contributed by atoms with E-state index in [-0.39, 0.29) is 11.3 Å². The van der Waals surface area contributed by atoms with E-state index in [4.69, 9.17) is 9.47 Å². The van der Waals surface area contributed by atoms with Crippen LogP contribution in [0.4, 0.5) is 0 Å². The van der Waals surface area contributed by atoms with Crippen molar-refractivity contribution in [3.8, 4) is 11.5 Å². The van der Waals surface area contributed by atoms with E-state index in [0.29, 0.717) is 0 Å². The average molecular weight is 414 g/mol. The zero-order valence-corrected chi connectivity index (χ0v) is 18.5. The van der Waals surface area contributed by atoms with Gasteiger partial charge < -0.3 is 14.4 Å². The Morgan fingerprint density at radius 3 is 2.55 bits per heavy atom. The smallest absolute Gasteiger partial charge is 0.255 e. The Balaban J connectivity index is 1.73. The van der Waals surface area contributed by atoms with Gasteiger partial charge in [0, 0.05) is 23.4 Å². The molecule has 0 aromatic heterocycles.